The van der Waals surface area contributed by atoms with Crippen LogP contribution in [0.1, 0.15) is 34.1 Å². The summed E-state index contributed by atoms with van der Waals surface area (Å²) < 4.78 is 11.3. The predicted octanol–water partition coefficient (Wildman–Crippen LogP) is 3.32. The third kappa shape index (κ3) is 4.96. The largest absolute Gasteiger partial charge is 0.496 e. The number of carbonyl (C=O) groups excluding carboxylic acids is 2. The molecule has 6 nitrogen and oxygen atoms in total. The first-order valence-corrected chi connectivity index (χ1v) is 8.52. The molecule has 0 spiro atoms. The molecule has 132 valence electrons. The molecule has 0 saturated carbocycles. The van der Waals surface area contributed by atoms with Gasteiger partial charge in [0.25, 0.3) is 11.8 Å². The zero-order valence-corrected chi connectivity index (χ0v) is 15.6. The smallest absolute Gasteiger partial charge is 0.273 e. The topological polar surface area (TPSA) is 76.7 Å². The van der Waals surface area contributed by atoms with Gasteiger partial charge in [-0.15, -0.1) is 0 Å². The molecule has 0 aromatic heterocycles. The summed E-state index contributed by atoms with van der Waals surface area (Å²) in [5, 5.41) is 0. The van der Waals surface area contributed by atoms with E-state index in [0.29, 0.717) is 33.7 Å². The van der Waals surface area contributed by atoms with E-state index in [0.717, 1.165) is 6.42 Å². The van der Waals surface area contributed by atoms with Gasteiger partial charge in [0, 0.05) is 5.56 Å². The van der Waals surface area contributed by atoms with Crippen molar-refractivity contribution in [1.29, 1.82) is 0 Å². The Balaban J connectivity index is 2.02. The molecule has 0 radical (unpaired) electrons. The van der Waals surface area contributed by atoms with E-state index in [1.807, 2.05) is 6.92 Å². The number of hydrazine groups is 1. The highest BCUT2D eigenvalue weighted by Gasteiger charge is 2.14. The lowest BCUT2D eigenvalue weighted by atomic mass is 10.2. The predicted molar refractivity (Wildman–Crippen MR) is 97.9 cm³/mol. The number of benzene rings is 2. The van der Waals surface area contributed by atoms with E-state index >= 15 is 0 Å². The van der Waals surface area contributed by atoms with Crippen LogP contribution in [0.5, 0.6) is 11.5 Å². The van der Waals surface area contributed by atoms with Gasteiger partial charge in [-0.25, -0.2) is 0 Å². The zero-order valence-electron chi connectivity index (χ0n) is 14.0. The van der Waals surface area contributed by atoms with Gasteiger partial charge < -0.3 is 9.47 Å². The van der Waals surface area contributed by atoms with Crippen molar-refractivity contribution in [3.63, 3.8) is 0 Å². The number of hydrogen-bond donors (Lipinski definition) is 2. The first-order valence-electron chi connectivity index (χ1n) is 7.72. The average Bonchev–Trinajstić information content (AvgIpc) is 2.64. The molecule has 0 atom stereocenters. The minimum Gasteiger partial charge on any atom is -0.496 e. The maximum absolute atomic E-state index is 12.3. The van der Waals surface area contributed by atoms with Gasteiger partial charge in [-0.2, -0.15) is 0 Å². The summed E-state index contributed by atoms with van der Waals surface area (Å²) in [7, 11) is 1.54. The van der Waals surface area contributed by atoms with Gasteiger partial charge in [-0.1, -0.05) is 19.1 Å². The number of hydrogen-bond acceptors (Lipinski definition) is 4. The van der Waals surface area contributed by atoms with Crippen LogP contribution in [0, 0.1) is 0 Å². The van der Waals surface area contributed by atoms with Crippen molar-refractivity contribution in [3.8, 4) is 11.5 Å². The third-order valence-electron chi connectivity index (χ3n) is 3.30. The van der Waals surface area contributed by atoms with Crippen molar-refractivity contribution in [1.82, 2.24) is 10.9 Å². The summed E-state index contributed by atoms with van der Waals surface area (Å²) in [6.07, 6.45) is 0.832. The van der Waals surface area contributed by atoms with Crippen molar-refractivity contribution in [2.45, 2.75) is 13.3 Å². The second kappa shape index (κ2) is 9.08. The van der Waals surface area contributed by atoms with Crippen molar-refractivity contribution in [3.05, 3.63) is 58.1 Å². The Morgan fingerprint density at radius 3 is 2.44 bits per heavy atom. The van der Waals surface area contributed by atoms with Crippen LogP contribution in [0.15, 0.2) is 46.9 Å². The van der Waals surface area contributed by atoms with Crippen molar-refractivity contribution in [2.24, 2.45) is 0 Å². The lowest BCUT2D eigenvalue weighted by Crippen LogP contribution is -2.41. The average molecular weight is 407 g/mol. The summed E-state index contributed by atoms with van der Waals surface area (Å²) in [4.78, 5) is 24.5. The molecule has 2 rings (SSSR count). The summed E-state index contributed by atoms with van der Waals surface area (Å²) >= 11 is 3.32. The Labute approximate surface area is 154 Å². The Morgan fingerprint density at radius 1 is 1.04 bits per heavy atom. The molecule has 0 heterocycles. The number of rotatable bonds is 6. The molecule has 2 aromatic carbocycles. The summed E-state index contributed by atoms with van der Waals surface area (Å²) in [5.41, 5.74) is 5.52. The van der Waals surface area contributed by atoms with E-state index in [1.165, 1.54) is 7.11 Å². The number of para-hydroxylation sites is 1. The fourth-order valence-corrected chi connectivity index (χ4v) is 2.59. The van der Waals surface area contributed by atoms with E-state index in [1.54, 1.807) is 42.5 Å². The standard InChI is InChI=1S/C18H19BrN2O4/c1-3-10-25-15-7-5-4-6-13(15)18(23)21-20-17(22)12-8-9-16(24-2)14(19)11-12/h4-9,11H,3,10H2,1-2H3,(H,20,22)(H,21,23). The number of ether oxygens (including phenoxy) is 2. The highest BCUT2D eigenvalue weighted by atomic mass is 79.9. The van der Waals surface area contributed by atoms with Crippen LogP contribution < -0.4 is 20.3 Å². The van der Waals surface area contributed by atoms with Gasteiger partial charge in [-0.05, 0) is 52.7 Å². The van der Waals surface area contributed by atoms with Crippen LogP contribution >= 0.6 is 15.9 Å². The highest BCUT2D eigenvalue weighted by molar-refractivity contribution is 9.10. The lowest BCUT2D eigenvalue weighted by molar-refractivity contribution is 0.0844. The molecule has 2 amide bonds. The van der Waals surface area contributed by atoms with Gasteiger partial charge in [0.05, 0.1) is 23.8 Å². The van der Waals surface area contributed by atoms with E-state index in [4.69, 9.17) is 9.47 Å². The summed E-state index contributed by atoms with van der Waals surface area (Å²) in [5.74, 6) is 0.196. The minimum atomic E-state index is -0.451. The second-order valence-corrected chi connectivity index (χ2v) is 5.96. The molecule has 0 saturated heterocycles. The maximum atomic E-state index is 12.3. The molecular weight excluding hydrogens is 388 g/mol. The molecule has 0 bridgehead atoms. The number of amides is 2. The Bertz CT molecular complexity index is 764. The maximum Gasteiger partial charge on any atom is 0.273 e. The van der Waals surface area contributed by atoms with Crippen LogP contribution in [-0.2, 0) is 0 Å². The number of carbonyl (C=O) groups is 2. The fourth-order valence-electron chi connectivity index (χ4n) is 2.05. The number of methoxy groups -OCH3 is 1. The molecular formula is C18H19BrN2O4. The minimum absolute atomic E-state index is 0.354. The molecule has 0 aliphatic heterocycles. The van der Waals surface area contributed by atoms with Crippen molar-refractivity contribution >= 4 is 27.7 Å². The van der Waals surface area contributed by atoms with E-state index in [9.17, 15) is 9.59 Å². The Morgan fingerprint density at radius 2 is 1.76 bits per heavy atom. The van der Waals surface area contributed by atoms with Gasteiger partial charge in [-0.3, -0.25) is 20.4 Å². The Kier molecular flexibility index (Phi) is 6.82. The zero-order chi connectivity index (χ0) is 18.2. The number of nitrogens with one attached hydrogen (secondary N) is 2. The van der Waals surface area contributed by atoms with E-state index < -0.39 is 11.8 Å². The van der Waals surface area contributed by atoms with Gasteiger partial charge in [0.1, 0.15) is 11.5 Å². The Hall–Kier alpha value is -2.54. The first kappa shape index (κ1) is 18.8. The molecule has 2 N–H and O–H groups in total. The number of halogens is 1. The van der Waals surface area contributed by atoms with E-state index in [2.05, 4.69) is 26.8 Å². The van der Waals surface area contributed by atoms with Crippen LogP contribution in [0.4, 0.5) is 0 Å². The van der Waals surface area contributed by atoms with Gasteiger partial charge >= 0.3 is 0 Å². The molecule has 25 heavy (non-hydrogen) atoms. The molecule has 0 fully saturated rings. The van der Waals surface area contributed by atoms with Crippen LogP contribution in [-0.4, -0.2) is 25.5 Å². The quantitative estimate of drug-likeness (QED) is 0.721. The molecule has 2 aromatic rings. The van der Waals surface area contributed by atoms with Crippen molar-refractivity contribution < 1.29 is 19.1 Å². The molecule has 0 aliphatic carbocycles. The molecule has 0 aliphatic rings. The summed E-state index contributed by atoms with van der Waals surface area (Å²) in [6, 6.07) is 11.7. The lowest BCUT2D eigenvalue weighted by Gasteiger charge is -2.12. The SMILES string of the molecule is CCCOc1ccccc1C(=O)NNC(=O)c1ccc(OC)c(Br)c1. The van der Waals surface area contributed by atoms with Gasteiger partial charge in [0.2, 0.25) is 0 Å². The third-order valence-corrected chi connectivity index (χ3v) is 3.92. The van der Waals surface area contributed by atoms with Crippen LogP contribution in [0.2, 0.25) is 0 Å². The van der Waals surface area contributed by atoms with Crippen LogP contribution in [0.25, 0.3) is 0 Å². The van der Waals surface area contributed by atoms with E-state index in [-0.39, 0.29) is 0 Å². The second-order valence-electron chi connectivity index (χ2n) is 5.10. The molecule has 0 unspecified atom stereocenters. The molecule has 7 heteroatoms. The van der Waals surface area contributed by atoms with Crippen LogP contribution in [0.3, 0.4) is 0 Å². The summed E-state index contributed by atoms with van der Waals surface area (Å²) in [6.45, 7) is 2.49. The highest BCUT2D eigenvalue weighted by Crippen LogP contribution is 2.25. The monoisotopic (exact) mass is 406 g/mol. The normalized spacial score (nSPS) is 10.0. The van der Waals surface area contributed by atoms with Crippen molar-refractivity contribution in [2.75, 3.05) is 13.7 Å². The van der Waals surface area contributed by atoms with Gasteiger partial charge in [0.15, 0.2) is 0 Å². The fraction of sp³-hybridized carbons (Fsp3) is 0.222. The first-order chi connectivity index (χ1) is 12.1.